The number of ether oxygens (including phenoxy) is 1. The number of rotatable bonds is 15. The zero-order chi connectivity index (χ0) is 37.1. The normalized spacial score (nSPS) is 16.4. The fourth-order valence-corrected chi connectivity index (χ4v) is 14.0. The van der Waals surface area contributed by atoms with Crippen molar-refractivity contribution in [2.75, 3.05) is 0 Å². The van der Waals surface area contributed by atoms with Crippen LogP contribution >= 0.6 is 23.0 Å². The summed E-state index contributed by atoms with van der Waals surface area (Å²) in [6, 6.07) is 52.2. The van der Waals surface area contributed by atoms with Crippen molar-refractivity contribution in [3.05, 3.63) is 194 Å². The van der Waals surface area contributed by atoms with Gasteiger partial charge >= 0.3 is 28.9 Å². The Bertz CT molecular complexity index is 2190. The van der Waals surface area contributed by atoms with E-state index in [0.717, 1.165) is 6.08 Å². The van der Waals surface area contributed by atoms with Crippen LogP contribution in [0.2, 0.25) is 0 Å². The van der Waals surface area contributed by atoms with Crippen molar-refractivity contribution in [1.82, 2.24) is 0 Å². The SMILES string of the molecule is C=CC(=O)OCc1ccccc1OP1(Oc2ccccc2)=NP(Oc2ccccc2)(Oc2ccccc2)=NP(Oc2ccccc2)(Oc2ccccc2)=N1. The minimum atomic E-state index is -4.11. The van der Waals surface area contributed by atoms with Gasteiger partial charge in [0.05, 0.1) is 0 Å². The van der Waals surface area contributed by atoms with Gasteiger partial charge in [-0.15, -0.1) is 0 Å². The summed E-state index contributed by atoms with van der Waals surface area (Å²) in [5, 5.41) is 0. The van der Waals surface area contributed by atoms with Gasteiger partial charge in [-0.25, -0.2) is 4.79 Å². The lowest BCUT2D eigenvalue weighted by Gasteiger charge is -2.33. The molecular formula is C40H34N3O8P3. The summed E-state index contributed by atoms with van der Waals surface area (Å²) in [6.45, 7) is 3.37. The second-order valence-corrected chi connectivity index (χ2v) is 17.5. The molecule has 1 aliphatic rings. The van der Waals surface area contributed by atoms with Gasteiger partial charge in [-0.2, -0.15) is 0 Å². The molecule has 1 unspecified atom stereocenters. The first-order chi connectivity index (χ1) is 26.4. The summed E-state index contributed by atoms with van der Waals surface area (Å²) in [7, 11) is -12.2. The number of benzene rings is 6. The maximum atomic E-state index is 12.1. The van der Waals surface area contributed by atoms with Gasteiger partial charge in [0, 0.05) is 11.6 Å². The van der Waals surface area contributed by atoms with Gasteiger partial charge < -0.3 is 31.9 Å². The monoisotopic (exact) mass is 777 g/mol. The summed E-state index contributed by atoms with van der Waals surface area (Å²) in [4.78, 5) is 12.1. The van der Waals surface area contributed by atoms with E-state index in [1.54, 1.807) is 84.9 Å². The fraction of sp³-hybridized carbons (Fsp3) is 0.0250. The van der Waals surface area contributed by atoms with Crippen molar-refractivity contribution in [2.45, 2.75) is 6.61 Å². The quantitative estimate of drug-likeness (QED) is 0.0574. The number of para-hydroxylation sites is 6. The van der Waals surface area contributed by atoms with Gasteiger partial charge in [0.25, 0.3) is 0 Å². The molecule has 0 saturated carbocycles. The van der Waals surface area contributed by atoms with E-state index in [-0.39, 0.29) is 12.4 Å². The maximum Gasteiger partial charge on any atom is 0.460 e. The van der Waals surface area contributed by atoms with Crippen molar-refractivity contribution in [2.24, 2.45) is 13.5 Å². The lowest BCUT2D eigenvalue weighted by Crippen LogP contribution is -2.11. The highest BCUT2D eigenvalue weighted by Crippen LogP contribution is 2.78. The number of esters is 1. The minimum absolute atomic E-state index is 0.140. The molecule has 0 spiro atoms. The third-order valence-corrected chi connectivity index (χ3v) is 15.3. The largest absolute Gasteiger partial charge is 0.460 e. The Morgan fingerprint density at radius 3 is 1.07 bits per heavy atom. The van der Waals surface area contributed by atoms with Crippen molar-refractivity contribution in [3.63, 3.8) is 0 Å². The van der Waals surface area contributed by atoms with E-state index in [1.807, 2.05) is 91.0 Å². The molecule has 0 bridgehead atoms. The molecule has 1 heterocycles. The van der Waals surface area contributed by atoms with Crippen molar-refractivity contribution in [3.8, 4) is 34.5 Å². The van der Waals surface area contributed by atoms with Gasteiger partial charge in [0.2, 0.25) is 0 Å². The van der Waals surface area contributed by atoms with E-state index in [1.165, 1.54) is 0 Å². The topological polar surface area (TPSA) is 119 Å². The Kier molecular flexibility index (Phi) is 11.3. The van der Waals surface area contributed by atoms with E-state index in [0.29, 0.717) is 34.3 Å². The Morgan fingerprint density at radius 2 is 0.741 bits per heavy atom. The number of carbonyl (C=O) groups excluding carboxylic acids is 1. The number of hydrogen-bond acceptors (Lipinski definition) is 11. The molecule has 0 saturated heterocycles. The molecule has 272 valence electrons. The van der Waals surface area contributed by atoms with Crippen LogP contribution in [0.1, 0.15) is 5.56 Å². The molecule has 0 N–H and O–H groups in total. The minimum Gasteiger partial charge on any atom is -0.458 e. The summed E-state index contributed by atoms with van der Waals surface area (Å²) in [6.07, 6.45) is 1.09. The van der Waals surface area contributed by atoms with Crippen molar-refractivity contribution in [1.29, 1.82) is 0 Å². The van der Waals surface area contributed by atoms with E-state index >= 15 is 0 Å². The number of hydrogen-bond donors (Lipinski definition) is 0. The van der Waals surface area contributed by atoms with Crippen LogP contribution in [0.15, 0.2) is 202 Å². The summed E-state index contributed by atoms with van der Waals surface area (Å²) in [5.41, 5.74) is 0.505. The van der Waals surface area contributed by atoms with Crippen LogP contribution < -0.4 is 27.1 Å². The van der Waals surface area contributed by atoms with Crippen LogP contribution in [0.25, 0.3) is 0 Å². The summed E-state index contributed by atoms with van der Waals surface area (Å²) in [5.74, 6) is 1.67. The van der Waals surface area contributed by atoms with Crippen LogP contribution in [0.4, 0.5) is 0 Å². The van der Waals surface area contributed by atoms with Gasteiger partial charge in [-0.3, -0.25) is 0 Å². The molecular weight excluding hydrogens is 743 g/mol. The van der Waals surface area contributed by atoms with Crippen molar-refractivity contribution < 1.29 is 36.7 Å². The highest BCUT2D eigenvalue weighted by Gasteiger charge is 2.49. The second kappa shape index (κ2) is 16.8. The van der Waals surface area contributed by atoms with Crippen molar-refractivity contribution >= 4 is 28.9 Å². The molecule has 0 amide bonds. The predicted molar refractivity (Wildman–Crippen MR) is 210 cm³/mol. The van der Waals surface area contributed by atoms with E-state index in [9.17, 15) is 4.79 Å². The third-order valence-electron chi connectivity index (χ3n) is 7.24. The summed E-state index contributed by atoms with van der Waals surface area (Å²) >= 11 is 0. The zero-order valence-corrected chi connectivity index (χ0v) is 31.4. The van der Waals surface area contributed by atoms with Gasteiger partial charge in [-0.05, 0) is 66.7 Å². The Hall–Kier alpha value is -5.98. The van der Waals surface area contributed by atoms with Gasteiger partial charge in [-0.1, -0.05) is 129 Å². The molecule has 1 atom stereocenters. The number of carbonyl (C=O) groups is 1. The van der Waals surface area contributed by atoms with Crippen LogP contribution in [-0.4, -0.2) is 5.97 Å². The lowest BCUT2D eigenvalue weighted by atomic mass is 10.2. The molecule has 0 aliphatic carbocycles. The molecule has 1 aliphatic heterocycles. The molecule has 6 aromatic carbocycles. The van der Waals surface area contributed by atoms with E-state index < -0.39 is 28.9 Å². The van der Waals surface area contributed by atoms with Gasteiger partial charge in [0.1, 0.15) is 41.1 Å². The van der Waals surface area contributed by atoms with Crippen LogP contribution in [0.5, 0.6) is 34.5 Å². The Labute approximate surface area is 313 Å². The summed E-state index contributed by atoms with van der Waals surface area (Å²) < 4.78 is 61.9. The average Bonchev–Trinajstić information content (AvgIpc) is 3.19. The number of nitrogens with zero attached hydrogens (tertiary/aromatic N) is 3. The average molecular weight is 778 g/mol. The van der Waals surface area contributed by atoms with Gasteiger partial charge in [0.15, 0.2) is 0 Å². The molecule has 6 aromatic rings. The maximum absolute atomic E-state index is 12.1. The predicted octanol–water partition coefficient (Wildman–Crippen LogP) is 12.5. The highest BCUT2D eigenvalue weighted by atomic mass is 31.3. The first-order valence-corrected chi connectivity index (χ1v) is 21.2. The smallest absolute Gasteiger partial charge is 0.458 e. The molecule has 54 heavy (non-hydrogen) atoms. The molecule has 11 nitrogen and oxygen atoms in total. The lowest BCUT2D eigenvalue weighted by molar-refractivity contribution is -0.138. The third kappa shape index (κ3) is 9.32. The fourth-order valence-electron chi connectivity index (χ4n) is 4.90. The van der Waals surface area contributed by atoms with Crippen LogP contribution in [0, 0.1) is 0 Å². The second-order valence-electron chi connectivity index (χ2n) is 11.3. The molecule has 0 fully saturated rings. The van der Waals surface area contributed by atoms with Crippen LogP contribution in [-0.2, 0) is 16.1 Å². The molecule has 0 aromatic heterocycles. The Balaban J connectivity index is 1.54. The van der Waals surface area contributed by atoms with E-state index in [2.05, 4.69) is 6.58 Å². The molecule has 0 radical (unpaired) electrons. The molecule has 7 rings (SSSR count). The molecule has 14 heteroatoms. The van der Waals surface area contributed by atoms with Crippen LogP contribution in [0.3, 0.4) is 0 Å². The highest BCUT2D eigenvalue weighted by molar-refractivity contribution is 7.79. The standard InChI is InChI=1S/C40H34N3O8P3/c1-2-40(44)45-32-33-20-18-19-31-39(33)51-54(50-38-29-16-7-17-30-38)42-52(46-34-21-8-3-9-22-34,47-35-23-10-4-11-24-35)41-53(43-54,48-36-25-12-5-13-26-36)49-37-27-14-6-15-28-37/h2-31H,1,32H2. The zero-order valence-electron chi connectivity index (χ0n) is 28.7. The van der Waals surface area contributed by atoms with E-state index in [4.69, 9.17) is 45.4 Å². The Morgan fingerprint density at radius 1 is 0.444 bits per heavy atom. The first-order valence-electron chi connectivity index (χ1n) is 16.6. The first kappa shape index (κ1) is 36.4.